The van der Waals surface area contributed by atoms with E-state index in [9.17, 15) is 26.7 Å². The third-order valence-electron chi connectivity index (χ3n) is 4.78. The van der Waals surface area contributed by atoms with Gasteiger partial charge < -0.3 is 14.0 Å². The van der Waals surface area contributed by atoms with E-state index in [1.165, 1.54) is 36.2 Å². The van der Waals surface area contributed by atoms with E-state index in [4.69, 9.17) is 9.47 Å². The lowest BCUT2D eigenvalue weighted by Gasteiger charge is -2.16. The molecule has 2 aromatic carbocycles. The number of nitrogens with zero attached hydrogens (tertiary/aromatic N) is 3. The second kappa shape index (κ2) is 8.49. The van der Waals surface area contributed by atoms with Crippen molar-refractivity contribution in [2.75, 3.05) is 7.11 Å². The first-order chi connectivity index (χ1) is 15.7. The Balaban J connectivity index is 1.82. The zero-order valence-electron chi connectivity index (χ0n) is 16.9. The summed E-state index contributed by atoms with van der Waals surface area (Å²) >= 11 is 0. The van der Waals surface area contributed by atoms with Gasteiger partial charge in [0.05, 0.1) is 30.9 Å². The molecule has 0 fully saturated rings. The summed E-state index contributed by atoms with van der Waals surface area (Å²) in [7, 11) is 1.26. The van der Waals surface area contributed by atoms with Crippen LogP contribution in [0.4, 0.5) is 22.0 Å². The number of rotatable bonds is 5. The average Bonchev–Trinajstić information content (AvgIpc) is 2.77. The first-order valence-electron chi connectivity index (χ1n) is 9.38. The summed E-state index contributed by atoms with van der Waals surface area (Å²) in [4.78, 5) is 19.8. The fourth-order valence-electron chi connectivity index (χ4n) is 3.20. The maximum absolute atomic E-state index is 14.1. The van der Waals surface area contributed by atoms with Crippen LogP contribution < -0.4 is 15.0 Å². The molecule has 0 bridgehead atoms. The van der Waals surface area contributed by atoms with Crippen molar-refractivity contribution in [2.45, 2.75) is 12.7 Å². The first-order valence-corrected chi connectivity index (χ1v) is 9.38. The van der Waals surface area contributed by atoms with Gasteiger partial charge in [0.1, 0.15) is 17.2 Å². The van der Waals surface area contributed by atoms with Gasteiger partial charge >= 0.3 is 6.18 Å². The van der Waals surface area contributed by atoms with Crippen molar-refractivity contribution in [3.8, 4) is 17.4 Å². The van der Waals surface area contributed by atoms with Crippen LogP contribution in [0.2, 0.25) is 0 Å². The fraction of sp³-hybridized carbons (Fsp3) is 0.136. The van der Waals surface area contributed by atoms with Gasteiger partial charge in [0.25, 0.3) is 5.56 Å². The van der Waals surface area contributed by atoms with Crippen LogP contribution in [0, 0.1) is 11.6 Å². The van der Waals surface area contributed by atoms with E-state index in [1.54, 1.807) is 0 Å². The van der Waals surface area contributed by atoms with Crippen molar-refractivity contribution in [3.63, 3.8) is 0 Å². The summed E-state index contributed by atoms with van der Waals surface area (Å²) in [5.74, 6) is -2.45. The summed E-state index contributed by atoms with van der Waals surface area (Å²) < 4.78 is 79.3. The summed E-state index contributed by atoms with van der Waals surface area (Å²) in [6, 6.07) is 7.52. The van der Waals surface area contributed by atoms with Crippen LogP contribution >= 0.6 is 0 Å². The lowest BCUT2D eigenvalue weighted by Crippen LogP contribution is -2.14. The molecule has 4 rings (SSSR count). The molecule has 0 aliphatic rings. The van der Waals surface area contributed by atoms with Crippen molar-refractivity contribution >= 4 is 10.9 Å². The molecule has 0 spiro atoms. The van der Waals surface area contributed by atoms with Crippen molar-refractivity contribution in [2.24, 2.45) is 0 Å². The van der Waals surface area contributed by atoms with E-state index in [2.05, 4.69) is 9.97 Å². The molecule has 2 aromatic heterocycles. The predicted octanol–water partition coefficient (Wildman–Crippen LogP) is 4.94. The molecule has 4 aromatic rings. The molecule has 0 aliphatic heterocycles. The highest BCUT2D eigenvalue weighted by atomic mass is 19.4. The standard InChI is InChI=1S/C22H14F5N3O3/c1-32-18-9-17-14(8-19(18)33-21-15(22(25,26)27)3-2-6-28-21)20(31)29-11-30(17)10-12-4-5-13(23)7-16(12)24/h2-9,11H,10H2,1H3. The van der Waals surface area contributed by atoms with Crippen LogP contribution in [0.1, 0.15) is 11.1 Å². The van der Waals surface area contributed by atoms with Crippen molar-refractivity contribution in [1.29, 1.82) is 0 Å². The van der Waals surface area contributed by atoms with Gasteiger partial charge in [-0.25, -0.2) is 13.8 Å². The molecule has 0 saturated carbocycles. The number of hydrogen-bond donors (Lipinski definition) is 0. The molecule has 0 radical (unpaired) electrons. The highest BCUT2D eigenvalue weighted by Gasteiger charge is 2.35. The molecule has 11 heteroatoms. The van der Waals surface area contributed by atoms with Gasteiger partial charge in [-0.15, -0.1) is 0 Å². The first kappa shape index (κ1) is 22.2. The number of aromatic nitrogens is 3. The minimum Gasteiger partial charge on any atom is -0.493 e. The topological polar surface area (TPSA) is 66.2 Å². The largest absolute Gasteiger partial charge is 0.493 e. The van der Waals surface area contributed by atoms with E-state index in [0.29, 0.717) is 0 Å². The van der Waals surface area contributed by atoms with E-state index in [1.807, 2.05) is 0 Å². The lowest BCUT2D eigenvalue weighted by molar-refractivity contribution is -0.138. The molecule has 2 heterocycles. The summed E-state index contributed by atoms with van der Waals surface area (Å²) in [6.07, 6.45) is -2.42. The molecule has 170 valence electrons. The van der Waals surface area contributed by atoms with Crippen LogP contribution in [0.5, 0.6) is 17.4 Å². The average molecular weight is 463 g/mol. The zero-order valence-corrected chi connectivity index (χ0v) is 16.9. The Morgan fingerprint density at radius 3 is 2.52 bits per heavy atom. The van der Waals surface area contributed by atoms with Crippen molar-refractivity contribution < 1.29 is 31.4 Å². The second-order valence-corrected chi connectivity index (χ2v) is 6.89. The third kappa shape index (κ3) is 4.47. The zero-order chi connectivity index (χ0) is 23.8. The maximum atomic E-state index is 14.1. The molecule has 0 atom stereocenters. The number of alkyl halides is 3. The number of pyridine rings is 1. The molecule has 0 amide bonds. The number of halogens is 5. The smallest absolute Gasteiger partial charge is 0.421 e. The summed E-state index contributed by atoms with van der Waals surface area (Å²) in [5.41, 5.74) is -1.42. The quantitative estimate of drug-likeness (QED) is 0.393. The predicted molar refractivity (Wildman–Crippen MR) is 107 cm³/mol. The van der Waals surface area contributed by atoms with Crippen LogP contribution in [0.15, 0.2) is 59.8 Å². The van der Waals surface area contributed by atoms with E-state index < -0.39 is 34.8 Å². The Labute approximate surface area is 182 Å². The van der Waals surface area contributed by atoms with Crippen LogP contribution in [0.25, 0.3) is 10.9 Å². The van der Waals surface area contributed by atoms with Gasteiger partial charge in [0, 0.05) is 23.9 Å². The van der Waals surface area contributed by atoms with Gasteiger partial charge in [0.2, 0.25) is 5.88 Å². The molecule has 0 aliphatic carbocycles. The Bertz CT molecular complexity index is 1400. The molecule has 33 heavy (non-hydrogen) atoms. The molecule has 6 nitrogen and oxygen atoms in total. The molecule has 0 saturated heterocycles. The van der Waals surface area contributed by atoms with Gasteiger partial charge in [-0.2, -0.15) is 18.2 Å². The van der Waals surface area contributed by atoms with Gasteiger partial charge in [-0.1, -0.05) is 6.07 Å². The van der Waals surface area contributed by atoms with Crippen molar-refractivity contribution in [3.05, 3.63) is 88.1 Å². The number of methoxy groups -OCH3 is 1. The molecule has 0 N–H and O–H groups in total. The van der Waals surface area contributed by atoms with E-state index in [0.717, 1.165) is 30.5 Å². The number of fused-ring (bicyclic) bond motifs is 1. The third-order valence-corrected chi connectivity index (χ3v) is 4.78. The minimum atomic E-state index is -4.72. The van der Waals surface area contributed by atoms with E-state index in [-0.39, 0.29) is 34.5 Å². The minimum absolute atomic E-state index is 0.000190. The number of ether oxygens (including phenoxy) is 2. The second-order valence-electron chi connectivity index (χ2n) is 6.89. The van der Waals surface area contributed by atoms with Crippen molar-refractivity contribution in [1.82, 2.24) is 14.5 Å². The van der Waals surface area contributed by atoms with Crippen LogP contribution in [-0.2, 0) is 12.7 Å². The van der Waals surface area contributed by atoms with Gasteiger partial charge in [-0.05, 0) is 24.3 Å². The SMILES string of the molecule is COc1cc2c(cc1Oc1ncccc1C(F)(F)F)c(=O)ncn2Cc1ccc(F)cc1F. The molecular formula is C22H14F5N3O3. The normalized spacial score (nSPS) is 11.6. The summed E-state index contributed by atoms with van der Waals surface area (Å²) in [6.45, 7) is -0.0995. The fourth-order valence-corrected chi connectivity index (χ4v) is 3.20. The molecule has 0 unspecified atom stereocenters. The highest BCUT2D eigenvalue weighted by molar-refractivity contribution is 5.82. The van der Waals surface area contributed by atoms with Gasteiger partial charge in [0.15, 0.2) is 11.5 Å². The molecular weight excluding hydrogens is 449 g/mol. The monoisotopic (exact) mass is 463 g/mol. The number of hydrogen-bond acceptors (Lipinski definition) is 5. The van der Waals surface area contributed by atoms with E-state index >= 15 is 0 Å². The highest BCUT2D eigenvalue weighted by Crippen LogP contribution is 2.40. The lowest BCUT2D eigenvalue weighted by atomic mass is 10.1. The Morgan fingerprint density at radius 2 is 1.82 bits per heavy atom. The Kier molecular flexibility index (Phi) is 5.71. The Morgan fingerprint density at radius 1 is 1.03 bits per heavy atom. The van der Waals surface area contributed by atoms with Crippen LogP contribution in [-0.4, -0.2) is 21.6 Å². The Hall–Kier alpha value is -4.02. The van der Waals surface area contributed by atoms with Crippen LogP contribution in [0.3, 0.4) is 0 Å². The summed E-state index contributed by atoms with van der Waals surface area (Å²) in [5, 5.41) is -0.0136. The number of benzene rings is 2. The van der Waals surface area contributed by atoms with Gasteiger partial charge in [-0.3, -0.25) is 4.79 Å². The maximum Gasteiger partial charge on any atom is 0.421 e.